The molecule has 0 spiro atoms. The molecule has 218 valence electrons. The number of para-hydroxylation sites is 3. The Morgan fingerprint density at radius 3 is 1.50 bits per heavy atom. The van der Waals surface area contributed by atoms with Gasteiger partial charge in [0.05, 0.1) is 16.6 Å². The lowest BCUT2D eigenvalue weighted by Crippen LogP contribution is -2.05. The summed E-state index contributed by atoms with van der Waals surface area (Å²) in [7, 11) is -1.72. The van der Waals surface area contributed by atoms with E-state index in [1.807, 2.05) is 0 Å². The van der Waals surface area contributed by atoms with Crippen LogP contribution in [0.5, 0.6) is 0 Å². The minimum atomic E-state index is -1.72. The first-order valence-electron chi connectivity index (χ1n) is 15.6. The van der Waals surface area contributed by atoms with Gasteiger partial charge >= 0.3 is 0 Å². The first-order chi connectivity index (χ1) is 22.8. The van der Waals surface area contributed by atoms with Gasteiger partial charge in [0.2, 0.25) is 0 Å². The zero-order chi connectivity index (χ0) is 30.5. The summed E-state index contributed by atoms with van der Waals surface area (Å²) in [5.74, 6) is 0. The number of hydrogen-bond donors (Lipinski definition) is 0. The van der Waals surface area contributed by atoms with Crippen molar-refractivity contribution in [1.82, 2.24) is 9.38 Å². The molecule has 0 N–H and O–H groups in total. The maximum Gasteiger partial charge on any atom is 0.146 e. The SMILES string of the molecule is c1ccc(S(c2ccccc2)(c2ccccc2)c2ccc(-c3ccc4c(c3)c3ccccc3n3c5ccccc5nc43)cc2)cc1. The lowest BCUT2D eigenvalue weighted by Gasteiger charge is -2.42. The molecule has 2 aromatic heterocycles. The van der Waals surface area contributed by atoms with Crippen LogP contribution in [0.15, 0.2) is 202 Å². The molecule has 2 nitrogen and oxygen atoms in total. The van der Waals surface area contributed by atoms with Crippen molar-refractivity contribution in [2.75, 3.05) is 0 Å². The third kappa shape index (κ3) is 4.02. The Kier molecular flexibility index (Phi) is 6.25. The fourth-order valence-electron chi connectivity index (χ4n) is 7.03. The van der Waals surface area contributed by atoms with Gasteiger partial charge in [-0.15, -0.1) is 10.0 Å². The number of nitrogens with zero attached hydrogens (tertiary/aromatic N) is 2. The van der Waals surface area contributed by atoms with Crippen LogP contribution in [0.4, 0.5) is 0 Å². The maximum atomic E-state index is 5.09. The standard InChI is InChI=1S/C43H30N2S/c1-4-14-33(15-5-1)46(34-16-6-2-7-17-34,35-18-8-3-9-19-35)36-27-24-31(25-28-36)32-26-29-38-39(30-32)37-20-10-12-22-41(37)45-42-23-13-11-21-40(42)44-43(38)45/h1-30H. The monoisotopic (exact) mass is 606 g/mol. The van der Waals surface area contributed by atoms with Gasteiger partial charge < -0.3 is 0 Å². The van der Waals surface area contributed by atoms with E-state index in [9.17, 15) is 0 Å². The third-order valence-corrected chi connectivity index (χ3v) is 13.0. The molecule has 0 saturated heterocycles. The largest absolute Gasteiger partial charge is 0.292 e. The van der Waals surface area contributed by atoms with Crippen molar-refractivity contribution >= 4 is 48.4 Å². The molecule has 0 amide bonds. The predicted molar refractivity (Wildman–Crippen MR) is 193 cm³/mol. The van der Waals surface area contributed by atoms with Crippen molar-refractivity contribution in [3.05, 3.63) is 182 Å². The Hall–Kier alpha value is -5.64. The molecule has 0 atom stereocenters. The summed E-state index contributed by atoms with van der Waals surface area (Å²) in [5, 5.41) is 3.61. The molecule has 2 heterocycles. The van der Waals surface area contributed by atoms with E-state index >= 15 is 0 Å². The molecule has 0 radical (unpaired) electrons. The van der Waals surface area contributed by atoms with Gasteiger partial charge in [0, 0.05) is 30.4 Å². The number of benzene rings is 7. The second kappa shape index (κ2) is 10.8. The number of rotatable bonds is 5. The predicted octanol–water partition coefficient (Wildman–Crippen LogP) is 11.8. The summed E-state index contributed by atoms with van der Waals surface area (Å²) >= 11 is 0. The van der Waals surface area contributed by atoms with Gasteiger partial charge in [-0.2, -0.15) is 0 Å². The van der Waals surface area contributed by atoms with Crippen molar-refractivity contribution < 1.29 is 0 Å². The van der Waals surface area contributed by atoms with Crippen LogP contribution in [0.1, 0.15) is 0 Å². The van der Waals surface area contributed by atoms with Crippen molar-refractivity contribution in [2.24, 2.45) is 0 Å². The molecule has 9 aromatic rings. The second-order valence-corrected chi connectivity index (χ2v) is 14.7. The van der Waals surface area contributed by atoms with E-state index in [1.165, 1.54) is 47.0 Å². The molecule has 0 aliphatic rings. The van der Waals surface area contributed by atoms with Gasteiger partial charge in [-0.3, -0.25) is 4.40 Å². The molecular weight excluding hydrogens is 577 g/mol. The molecule has 0 saturated carbocycles. The zero-order valence-electron chi connectivity index (χ0n) is 25.1. The van der Waals surface area contributed by atoms with E-state index in [1.54, 1.807) is 0 Å². The molecule has 0 fully saturated rings. The highest BCUT2D eigenvalue weighted by molar-refractivity contribution is 8.34. The van der Waals surface area contributed by atoms with Gasteiger partial charge in [-0.05, 0) is 95.4 Å². The van der Waals surface area contributed by atoms with Crippen LogP contribution >= 0.6 is 10.0 Å². The first-order valence-corrected chi connectivity index (χ1v) is 17.3. The highest BCUT2D eigenvalue weighted by Gasteiger charge is 2.33. The second-order valence-electron chi connectivity index (χ2n) is 11.6. The average molecular weight is 607 g/mol. The van der Waals surface area contributed by atoms with Crippen molar-refractivity contribution in [3.8, 4) is 11.1 Å². The summed E-state index contributed by atoms with van der Waals surface area (Å²) in [6, 6.07) is 66.3. The van der Waals surface area contributed by atoms with Gasteiger partial charge in [-0.25, -0.2) is 4.98 Å². The molecule has 46 heavy (non-hydrogen) atoms. The minimum Gasteiger partial charge on any atom is -0.292 e. The summed E-state index contributed by atoms with van der Waals surface area (Å²) in [5.41, 5.74) is 6.72. The Bertz CT molecular complexity index is 2410. The van der Waals surface area contributed by atoms with Crippen LogP contribution in [0, 0.1) is 0 Å². The topological polar surface area (TPSA) is 17.3 Å². The minimum absolute atomic E-state index is 0.999. The lowest BCUT2D eigenvalue weighted by atomic mass is 9.99. The van der Waals surface area contributed by atoms with Gasteiger partial charge in [0.15, 0.2) is 0 Å². The molecule has 0 aliphatic heterocycles. The quantitative estimate of drug-likeness (QED) is 0.178. The fourth-order valence-corrected chi connectivity index (χ4v) is 10.9. The third-order valence-electron chi connectivity index (χ3n) is 9.09. The Morgan fingerprint density at radius 2 is 0.870 bits per heavy atom. The molecule has 9 rings (SSSR count). The van der Waals surface area contributed by atoms with E-state index < -0.39 is 10.0 Å². The van der Waals surface area contributed by atoms with Crippen LogP contribution < -0.4 is 0 Å². The smallest absolute Gasteiger partial charge is 0.146 e. The van der Waals surface area contributed by atoms with E-state index in [4.69, 9.17) is 4.98 Å². The fraction of sp³-hybridized carbons (Fsp3) is 0. The molecule has 0 aliphatic carbocycles. The van der Waals surface area contributed by atoms with Gasteiger partial charge in [0.1, 0.15) is 5.65 Å². The van der Waals surface area contributed by atoms with E-state index in [0.29, 0.717) is 0 Å². The van der Waals surface area contributed by atoms with E-state index in [0.717, 1.165) is 22.1 Å². The Morgan fingerprint density at radius 1 is 0.370 bits per heavy atom. The van der Waals surface area contributed by atoms with Crippen molar-refractivity contribution in [2.45, 2.75) is 19.6 Å². The van der Waals surface area contributed by atoms with E-state index in [2.05, 4.69) is 186 Å². The highest BCUT2D eigenvalue weighted by atomic mass is 32.3. The Labute approximate surface area is 269 Å². The highest BCUT2D eigenvalue weighted by Crippen LogP contribution is 2.73. The normalized spacial score (nSPS) is 12.3. The number of pyridine rings is 1. The van der Waals surface area contributed by atoms with Crippen LogP contribution in [0.3, 0.4) is 0 Å². The first kappa shape index (κ1) is 26.7. The van der Waals surface area contributed by atoms with Crippen LogP contribution in [0.25, 0.3) is 49.5 Å². The van der Waals surface area contributed by atoms with E-state index in [-0.39, 0.29) is 0 Å². The summed E-state index contributed by atoms with van der Waals surface area (Å²) in [6.45, 7) is 0. The lowest BCUT2D eigenvalue weighted by molar-refractivity contribution is 1.24. The number of aromatic nitrogens is 2. The number of fused-ring (bicyclic) bond motifs is 8. The van der Waals surface area contributed by atoms with Crippen LogP contribution in [-0.2, 0) is 0 Å². The summed E-state index contributed by atoms with van der Waals surface area (Å²) in [6.07, 6.45) is 0. The van der Waals surface area contributed by atoms with Crippen LogP contribution in [0.2, 0.25) is 0 Å². The molecule has 3 heteroatoms. The maximum absolute atomic E-state index is 5.09. The molecule has 0 bridgehead atoms. The number of imidazole rings is 1. The van der Waals surface area contributed by atoms with Gasteiger partial charge in [-0.1, -0.05) is 103 Å². The average Bonchev–Trinajstić information content (AvgIpc) is 3.54. The van der Waals surface area contributed by atoms with Crippen molar-refractivity contribution in [1.29, 1.82) is 0 Å². The molecular formula is C43H30N2S. The summed E-state index contributed by atoms with van der Waals surface area (Å²) in [4.78, 5) is 10.4. The van der Waals surface area contributed by atoms with Gasteiger partial charge in [0.25, 0.3) is 0 Å². The zero-order valence-corrected chi connectivity index (χ0v) is 25.9. The number of hydrogen-bond acceptors (Lipinski definition) is 1. The van der Waals surface area contributed by atoms with Crippen LogP contribution in [-0.4, -0.2) is 9.38 Å². The van der Waals surface area contributed by atoms with Crippen molar-refractivity contribution in [3.63, 3.8) is 0 Å². The molecule has 0 unspecified atom stereocenters. The Balaban J connectivity index is 1.24. The summed E-state index contributed by atoms with van der Waals surface area (Å²) < 4.78 is 2.31. The molecule has 7 aromatic carbocycles.